The van der Waals surface area contributed by atoms with E-state index >= 15 is 0 Å². The van der Waals surface area contributed by atoms with Crippen LogP contribution in [0.15, 0.2) is 29.2 Å². The number of amides is 1. The number of aliphatic carboxylic acids is 1. The van der Waals surface area contributed by atoms with Crippen molar-refractivity contribution in [2.45, 2.75) is 12.8 Å². The fourth-order valence-electron chi connectivity index (χ4n) is 2.00. The minimum absolute atomic E-state index is 0.0553. The van der Waals surface area contributed by atoms with E-state index in [1.807, 2.05) is 0 Å². The lowest BCUT2D eigenvalue weighted by molar-refractivity contribution is -0.385. The fourth-order valence-corrected chi connectivity index (χ4v) is 3.30. The Bertz CT molecular complexity index is 717. The first-order valence-corrected chi connectivity index (χ1v) is 7.83. The van der Waals surface area contributed by atoms with E-state index in [0.29, 0.717) is 21.2 Å². The van der Waals surface area contributed by atoms with Crippen LogP contribution in [-0.4, -0.2) is 37.7 Å². The van der Waals surface area contributed by atoms with Crippen molar-refractivity contribution in [3.05, 3.63) is 44.8 Å². The lowest BCUT2D eigenvalue weighted by Gasteiger charge is -2.13. The Balaban J connectivity index is 2.19. The molecule has 23 heavy (non-hydrogen) atoms. The average molecular weight is 352 g/mol. The van der Waals surface area contributed by atoms with Crippen LogP contribution in [0, 0.1) is 10.1 Å². The molecule has 0 saturated carbocycles. The highest BCUT2D eigenvalue weighted by Crippen LogP contribution is 2.34. The number of hydrogen-bond acceptors (Lipinski definition) is 6. The number of nitro benzene ring substituents is 1. The number of hydrogen-bond donors (Lipinski definition) is 1. The summed E-state index contributed by atoms with van der Waals surface area (Å²) >= 11 is 6.17. The van der Waals surface area contributed by atoms with Gasteiger partial charge in [0.1, 0.15) is 4.32 Å². The zero-order valence-corrected chi connectivity index (χ0v) is 13.4. The number of para-hydroxylation sites is 1. The monoisotopic (exact) mass is 352 g/mol. The molecule has 1 N–H and O–H groups in total. The second kappa shape index (κ2) is 7.34. The average Bonchev–Trinajstić information content (AvgIpc) is 2.74. The van der Waals surface area contributed by atoms with E-state index in [2.05, 4.69) is 0 Å². The van der Waals surface area contributed by atoms with Gasteiger partial charge in [-0.3, -0.25) is 24.6 Å². The molecule has 0 unspecified atom stereocenters. The molecule has 1 amide bonds. The smallest absolute Gasteiger partial charge is 0.303 e. The number of nitro groups is 1. The third-order valence-corrected chi connectivity index (χ3v) is 4.44. The second-order valence-electron chi connectivity index (χ2n) is 4.65. The van der Waals surface area contributed by atoms with Gasteiger partial charge in [0.25, 0.3) is 11.6 Å². The van der Waals surface area contributed by atoms with Crippen LogP contribution in [0.5, 0.6) is 0 Å². The minimum Gasteiger partial charge on any atom is -0.481 e. The van der Waals surface area contributed by atoms with Gasteiger partial charge in [0.05, 0.1) is 15.4 Å². The van der Waals surface area contributed by atoms with Gasteiger partial charge in [-0.05, 0) is 18.6 Å². The van der Waals surface area contributed by atoms with Crippen molar-refractivity contribution in [1.82, 2.24) is 4.90 Å². The molecule has 1 saturated heterocycles. The van der Waals surface area contributed by atoms with Crippen molar-refractivity contribution < 1.29 is 19.6 Å². The van der Waals surface area contributed by atoms with E-state index in [1.165, 1.54) is 17.0 Å². The number of rotatable bonds is 6. The lowest BCUT2D eigenvalue weighted by Crippen LogP contribution is -2.29. The zero-order valence-electron chi connectivity index (χ0n) is 11.8. The standard InChI is InChI=1S/C14H12N2O5S2/c17-12(18)6-3-7-15-13(19)11(23-14(15)22)8-9-4-1-2-5-10(9)16(20)21/h1-2,4-5,8H,3,6-7H2,(H,17,18). The van der Waals surface area contributed by atoms with Gasteiger partial charge in [0.15, 0.2) is 0 Å². The minimum atomic E-state index is -0.939. The van der Waals surface area contributed by atoms with Gasteiger partial charge in [-0.25, -0.2) is 0 Å². The normalized spacial score (nSPS) is 16.2. The molecule has 0 spiro atoms. The van der Waals surface area contributed by atoms with Gasteiger partial charge >= 0.3 is 5.97 Å². The molecular weight excluding hydrogens is 340 g/mol. The molecule has 0 bridgehead atoms. The van der Waals surface area contributed by atoms with Crippen LogP contribution in [0.2, 0.25) is 0 Å². The highest BCUT2D eigenvalue weighted by Gasteiger charge is 2.32. The predicted octanol–water partition coefficient (Wildman–Crippen LogP) is 2.66. The molecule has 2 rings (SSSR count). The first-order valence-electron chi connectivity index (χ1n) is 6.60. The van der Waals surface area contributed by atoms with Crippen LogP contribution in [0.25, 0.3) is 6.08 Å². The Morgan fingerprint density at radius 2 is 2.13 bits per heavy atom. The van der Waals surface area contributed by atoms with Crippen LogP contribution >= 0.6 is 24.0 Å². The summed E-state index contributed by atoms with van der Waals surface area (Å²) in [5.74, 6) is -1.30. The van der Waals surface area contributed by atoms with Crippen molar-refractivity contribution >= 4 is 51.9 Å². The van der Waals surface area contributed by atoms with Gasteiger partial charge < -0.3 is 5.11 Å². The Labute approximate surface area is 141 Å². The summed E-state index contributed by atoms with van der Waals surface area (Å²) in [6.45, 7) is 0.213. The highest BCUT2D eigenvalue weighted by atomic mass is 32.2. The second-order valence-corrected chi connectivity index (χ2v) is 6.32. The summed E-state index contributed by atoms with van der Waals surface area (Å²) in [7, 11) is 0. The maximum atomic E-state index is 12.3. The Morgan fingerprint density at radius 3 is 2.78 bits per heavy atom. The molecule has 0 aliphatic carbocycles. The number of carboxylic acid groups (broad SMARTS) is 1. The Kier molecular flexibility index (Phi) is 5.45. The summed E-state index contributed by atoms with van der Waals surface area (Å²) in [5.41, 5.74) is 0.229. The third-order valence-electron chi connectivity index (χ3n) is 3.07. The molecule has 9 heteroatoms. The van der Waals surface area contributed by atoms with Gasteiger partial charge in [0, 0.05) is 19.0 Å². The SMILES string of the molecule is O=C(O)CCCN1C(=O)C(=Cc2ccccc2[N+](=O)[O-])SC1=S. The number of carbonyl (C=O) groups is 2. The maximum absolute atomic E-state index is 12.3. The van der Waals surface area contributed by atoms with Gasteiger partial charge in [-0.15, -0.1) is 0 Å². The summed E-state index contributed by atoms with van der Waals surface area (Å²) in [5, 5.41) is 19.6. The largest absolute Gasteiger partial charge is 0.481 e. The Morgan fingerprint density at radius 1 is 1.43 bits per heavy atom. The number of thioether (sulfide) groups is 1. The maximum Gasteiger partial charge on any atom is 0.303 e. The number of carbonyl (C=O) groups excluding carboxylic acids is 1. The molecule has 1 fully saturated rings. The molecule has 120 valence electrons. The molecular formula is C14H12N2O5S2. The van der Waals surface area contributed by atoms with Crippen molar-refractivity contribution in [2.75, 3.05) is 6.54 Å². The predicted molar refractivity (Wildman–Crippen MR) is 89.8 cm³/mol. The Hall–Kier alpha value is -2.26. The highest BCUT2D eigenvalue weighted by molar-refractivity contribution is 8.26. The van der Waals surface area contributed by atoms with Crippen LogP contribution in [0.4, 0.5) is 5.69 Å². The third kappa shape index (κ3) is 4.14. The van der Waals surface area contributed by atoms with Gasteiger partial charge in [-0.1, -0.05) is 36.1 Å². The van der Waals surface area contributed by atoms with E-state index in [-0.39, 0.29) is 24.6 Å². The molecule has 0 aromatic heterocycles. The van der Waals surface area contributed by atoms with Crippen molar-refractivity contribution in [3.63, 3.8) is 0 Å². The van der Waals surface area contributed by atoms with Crippen molar-refractivity contribution in [3.8, 4) is 0 Å². The summed E-state index contributed by atoms with van der Waals surface area (Å²) in [4.78, 5) is 34.9. The molecule has 0 atom stereocenters. The van der Waals surface area contributed by atoms with E-state index < -0.39 is 10.9 Å². The molecule has 1 aliphatic heterocycles. The van der Waals surface area contributed by atoms with Crippen LogP contribution in [-0.2, 0) is 9.59 Å². The molecule has 1 aromatic rings. The lowest BCUT2D eigenvalue weighted by atomic mass is 10.1. The summed E-state index contributed by atoms with van der Waals surface area (Å²) < 4.78 is 0.324. The number of benzene rings is 1. The number of thiocarbonyl (C=S) groups is 1. The van der Waals surface area contributed by atoms with Crippen molar-refractivity contribution in [1.29, 1.82) is 0 Å². The molecule has 1 aliphatic rings. The van der Waals surface area contributed by atoms with E-state index in [1.54, 1.807) is 18.2 Å². The molecule has 1 aromatic carbocycles. The van der Waals surface area contributed by atoms with E-state index in [9.17, 15) is 19.7 Å². The first-order chi connectivity index (χ1) is 10.9. The van der Waals surface area contributed by atoms with Gasteiger partial charge in [0.2, 0.25) is 0 Å². The topological polar surface area (TPSA) is 101 Å². The fraction of sp³-hybridized carbons (Fsp3) is 0.214. The summed E-state index contributed by atoms with van der Waals surface area (Å²) in [6, 6.07) is 6.10. The first kappa shape index (κ1) is 17.1. The van der Waals surface area contributed by atoms with Crippen molar-refractivity contribution in [2.24, 2.45) is 0 Å². The summed E-state index contributed by atoms with van der Waals surface area (Å²) in [6.07, 6.45) is 1.68. The number of carboxylic acids is 1. The quantitative estimate of drug-likeness (QED) is 0.363. The van der Waals surface area contributed by atoms with E-state index in [4.69, 9.17) is 17.3 Å². The number of nitrogens with zero attached hydrogens (tertiary/aromatic N) is 2. The van der Waals surface area contributed by atoms with Gasteiger partial charge in [-0.2, -0.15) is 0 Å². The molecule has 7 nitrogen and oxygen atoms in total. The zero-order chi connectivity index (χ0) is 17.0. The van der Waals surface area contributed by atoms with E-state index in [0.717, 1.165) is 11.8 Å². The molecule has 0 radical (unpaired) electrons. The van der Waals surface area contributed by atoms with Crippen LogP contribution < -0.4 is 0 Å². The van der Waals surface area contributed by atoms with Crippen LogP contribution in [0.3, 0.4) is 0 Å². The van der Waals surface area contributed by atoms with Crippen LogP contribution in [0.1, 0.15) is 18.4 Å². The molecule has 1 heterocycles.